The molecule has 3 aromatic rings. The Morgan fingerprint density at radius 1 is 1.14 bits per heavy atom. The molecule has 0 radical (unpaired) electrons. The molecule has 5 nitrogen and oxygen atoms in total. The fourth-order valence-electron chi connectivity index (χ4n) is 3.54. The van der Waals surface area contributed by atoms with Gasteiger partial charge in [0, 0.05) is 49.2 Å². The minimum absolute atomic E-state index is 0.281. The number of nitrogens with zero attached hydrogens (tertiary/aromatic N) is 2. The molecule has 1 aliphatic heterocycles. The highest BCUT2D eigenvalue weighted by molar-refractivity contribution is 5.41. The molecule has 1 aliphatic rings. The van der Waals surface area contributed by atoms with Crippen LogP contribution < -0.4 is 9.47 Å². The summed E-state index contributed by atoms with van der Waals surface area (Å²) in [5.41, 5.74) is 3.16. The predicted molar refractivity (Wildman–Crippen MR) is 107 cm³/mol. The number of ether oxygens (including phenoxy) is 2. The summed E-state index contributed by atoms with van der Waals surface area (Å²) in [6.45, 7) is 2.28. The van der Waals surface area contributed by atoms with Crippen LogP contribution in [0.25, 0.3) is 0 Å². The van der Waals surface area contributed by atoms with E-state index in [1.165, 1.54) is 13.2 Å². The summed E-state index contributed by atoms with van der Waals surface area (Å²) >= 11 is 0. The number of halogens is 1. The molecule has 0 bridgehead atoms. The fraction of sp³-hybridized carbons (Fsp3) is 0.261. The second-order valence-electron chi connectivity index (χ2n) is 7.07. The van der Waals surface area contributed by atoms with E-state index in [4.69, 9.17) is 9.47 Å². The van der Waals surface area contributed by atoms with Crippen LogP contribution in [-0.4, -0.2) is 35.3 Å². The zero-order chi connectivity index (χ0) is 20.2. The minimum atomic E-state index is -0.737. The molecule has 0 fully saturated rings. The molecular weight excluding hydrogens is 371 g/mol. The van der Waals surface area contributed by atoms with Crippen molar-refractivity contribution in [1.82, 2.24) is 9.88 Å². The van der Waals surface area contributed by atoms with Crippen molar-refractivity contribution < 1.29 is 19.0 Å². The maximum atomic E-state index is 14.4. The van der Waals surface area contributed by atoms with Crippen LogP contribution in [0.4, 0.5) is 4.39 Å². The van der Waals surface area contributed by atoms with Gasteiger partial charge in [-0.3, -0.25) is 9.88 Å². The molecule has 0 saturated carbocycles. The normalized spacial score (nSPS) is 15.1. The van der Waals surface area contributed by atoms with E-state index < -0.39 is 6.10 Å². The van der Waals surface area contributed by atoms with Gasteiger partial charge in [0.25, 0.3) is 0 Å². The maximum Gasteiger partial charge on any atom is 0.131 e. The predicted octanol–water partition coefficient (Wildman–Crippen LogP) is 3.71. The molecule has 4 rings (SSSR count). The van der Waals surface area contributed by atoms with Crippen molar-refractivity contribution >= 4 is 0 Å². The summed E-state index contributed by atoms with van der Waals surface area (Å²) in [7, 11) is 1.52. The van der Waals surface area contributed by atoms with Gasteiger partial charge in [-0.05, 0) is 41.5 Å². The van der Waals surface area contributed by atoms with E-state index >= 15 is 0 Å². The molecule has 0 unspecified atom stereocenters. The van der Waals surface area contributed by atoms with Gasteiger partial charge in [0.1, 0.15) is 30.0 Å². The highest BCUT2D eigenvalue weighted by Crippen LogP contribution is 2.30. The maximum absolute atomic E-state index is 14.4. The number of aliphatic hydroxyl groups is 1. The van der Waals surface area contributed by atoms with Crippen molar-refractivity contribution in [2.75, 3.05) is 20.3 Å². The SMILES string of the molecule is COc1ccc(CN2CCOc3ccc([C@H](O)c4ccncc4)cc3C2)c(F)c1. The molecule has 29 heavy (non-hydrogen) atoms. The molecule has 0 saturated heterocycles. The standard InChI is InChI=1S/C23H23FN2O3/c1-28-20-4-2-18(21(24)13-20)14-26-10-11-29-22-5-3-17(12-19(22)15-26)23(27)16-6-8-25-9-7-16/h2-9,12-13,23,27H,10-11,14-15H2,1H3/t23-/m1/s1. The third-order valence-corrected chi connectivity index (χ3v) is 5.14. The summed E-state index contributed by atoms with van der Waals surface area (Å²) in [6.07, 6.45) is 2.59. The van der Waals surface area contributed by atoms with E-state index in [2.05, 4.69) is 9.88 Å². The molecular formula is C23H23FN2O3. The Morgan fingerprint density at radius 3 is 2.72 bits per heavy atom. The first-order valence-corrected chi connectivity index (χ1v) is 9.52. The van der Waals surface area contributed by atoms with E-state index in [-0.39, 0.29) is 5.82 Å². The first-order valence-electron chi connectivity index (χ1n) is 9.52. The van der Waals surface area contributed by atoms with Gasteiger partial charge in [-0.25, -0.2) is 4.39 Å². The second-order valence-corrected chi connectivity index (χ2v) is 7.07. The van der Waals surface area contributed by atoms with Crippen molar-refractivity contribution in [3.05, 3.63) is 89.0 Å². The number of fused-ring (bicyclic) bond motifs is 1. The third-order valence-electron chi connectivity index (χ3n) is 5.14. The van der Waals surface area contributed by atoms with Crippen LogP contribution in [0.2, 0.25) is 0 Å². The lowest BCUT2D eigenvalue weighted by molar-refractivity contribution is 0.217. The zero-order valence-corrected chi connectivity index (χ0v) is 16.2. The quantitative estimate of drug-likeness (QED) is 0.715. The molecule has 0 spiro atoms. The molecule has 2 heterocycles. The number of pyridine rings is 1. The van der Waals surface area contributed by atoms with Crippen molar-refractivity contribution in [3.8, 4) is 11.5 Å². The van der Waals surface area contributed by atoms with Crippen molar-refractivity contribution in [2.45, 2.75) is 19.2 Å². The Hall–Kier alpha value is -2.96. The Bertz CT molecular complexity index is 981. The number of benzene rings is 2. The van der Waals surface area contributed by atoms with Gasteiger partial charge in [0.15, 0.2) is 0 Å². The fourth-order valence-corrected chi connectivity index (χ4v) is 3.54. The van der Waals surface area contributed by atoms with Gasteiger partial charge in [0.2, 0.25) is 0 Å². The Kier molecular flexibility index (Phi) is 5.74. The molecule has 1 atom stereocenters. The van der Waals surface area contributed by atoms with Crippen LogP contribution in [-0.2, 0) is 13.1 Å². The van der Waals surface area contributed by atoms with Crippen LogP contribution >= 0.6 is 0 Å². The summed E-state index contributed by atoms with van der Waals surface area (Å²) in [4.78, 5) is 6.13. The van der Waals surface area contributed by atoms with Gasteiger partial charge >= 0.3 is 0 Å². The van der Waals surface area contributed by atoms with E-state index in [0.29, 0.717) is 37.6 Å². The Balaban J connectivity index is 1.55. The monoisotopic (exact) mass is 394 g/mol. The summed E-state index contributed by atoms with van der Waals surface area (Å²) in [5.74, 6) is 1.02. The van der Waals surface area contributed by atoms with E-state index in [0.717, 1.165) is 22.4 Å². The van der Waals surface area contributed by atoms with Crippen LogP contribution in [0.1, 0.15) is 28.4 Å². The molecule has 1 aromatic heterocycles. The van der Waals surface area contributed by atoms with Crippen LogP contribution in [0.15, 0.2) is 60.9 Å². The third kappa shape index (κ3) is 4.39. The number of methoxy groups -OCH3 is 1. The average Bonchev–Trinajstić information content (AvgIpc) is 2.96. The lowest BCUT2D eigenvalue weighted by atomic mass is 10.00. The topological polar surface area (TPSA) is 54.8 Å². The van der Waals surface area contributed by atoms with Crippen molar-refractivity contribution in [2.24, 2.45) is 0 Å². The number of aliphatic hydroxyl groups excluding tert-OH is 1. The number of aromatic nitrogens is 1. The van der Waals surface area contributed by atoms with Crippen LogP contribution in [0.5, 0.6) is 11.5 Å². The second kappa shape index (κ2) is 8.59. The number of rotatable bonds is 5. The Labute approximate surface area is 169 Å². The average molecular weight is 394 g/mol. The molecule has 0 amide bonds. The molecule has 150 valence electrons. The minimum Gasteiger partial charge on any atom is -0.497 e. The van der Waals surface area contributed by atoms with Gasteiger partial charge in [-0.1, -0.05) is 12.1 Å². The molecule has 0 aliphatic carbocycles. The van der Waals surface area contributed by atoms with Gasteiger partial charge in [-0.15, -0.1) is 0 Å². The highest BCUT2D eigenvalue weighted by Gasteiger charge is 2.19. The largest absolute Gasteiger partial charge is 0.497 e. The number of hydrogen-bond donors (Lipinski definition) is 1. The molecule has 2 aromatic carbocycles. The summed E-state index contributed by atoms with van der Waals surface area (Å²) in [5, 5.41) is 10.7. The van der Waals surface area contributed by atoms with E-state index in [1.807, 2.05) is 18.2 Å². The smallest absolute Gasteiger partial charge is 0.131 e. The number of hydrogen-bond acceptors (Lipinski definition) is 5. The van der Waals surface area contributed by atoms with Crippen LogP contribution in [0.3, 0.4) is 0 Å². The lowest BCUT2D eigenvalue weighted by Gasteiger charge is -2.20. The van der Waals surface area contributed by atoms with E-state index in [1.54, 1.807) is 36.7 Å². The summed E-state index contributed by atoms with van der Waals surface area (Å²) in [6, 6.07) is 14.3. The Morgan fingerprint density at radius 2 is 1.97 bits per heavy atom. The van der Waals surface area contributed by atoms with Gasteiger partial charge < -0.3 is 14.6 Å². The highest BCUT2D eigenvalue weighted by atomic mass is 19.1. The molecule has 6 heteroatoms. The van der Waals surface area contributed by atoms with Crippen LogP contribution in [0, 0.1) is 5.82 Å². The van der Waals surface area contributed by atoms with Gasteiger partial charge in [0.05, 0.1) is 7.11 Å². The van der Waals surface area contributed by atoms with E-state index in [9.17, 15) is 9.50 Å². The molecule has 1 N–H and O–H groups in total. The van der Waals surface area contributed by atoms with Gasteiger partial charge in [-0.2, -0.15) is 0 Å². The van der Waals surface area contributed by atoms with Crippen molar-refractivity contribution in [1.29, 1.82) is 0 Å². The lowest BCUT2D eigenvalue weighted by Crippen LogP contribution is -2.25. The zero-order valence-electron chi connectivity index (χ0n) is 16.2. The van der Waals surface area contributed by atoms with Crippen molar-refractivity contribution in [3.63, 3.8) is 0 Å². The summed E-state index contributed by atoms with van der Waals surface area (Å²) < 4.78 is 25.3. The first kappa shape index (κ1) is 19.4. The first-order chi connectivity index (χ1) is 14.1.